The molecule has 13 heavy (non-hydrogen) atoms. The van der Waals surface area contributed by atoms with Crippen LogP contribution in [0.3, 0.4) is 0 Å². The van der Waals surface area contributed by atoms with Gasteiger partial charge in [-0.25, -0.2) is 0 Å². The Balaban J connectivity index is 3.39. The van der Waals surface area contributed by atoms with Crippen molar-refractivity contribution < 1.29 is 0 Å². The van der Waals surface area contributed by atoms with E-state index in [-0.39, 0.29) is 0 Å². The van der Waals surface area contributed by atoms with Gasteiger partial charge in [-0.3, -0.25) is 4.99 Å². The van der Waals surface area contributed by atoms with Crippen LogP contribution in [0.1, 0.15) is 11.1 Å². The maximum Gasteiger partial charge on any atom is 0.0698 e. The minimum Gasteiger partial charge on any atom is -0.388 e. The van der Waals surface area contributed by atoms with Crippen molar-refractivity contribution >= 4 is 24.2 Å². The molecule has 0 aliphatic rings. The monoisotopic (exact) mass is 174 g/mol. The number of benzene rings is 1. The van der Waals surface area contributed by atoms with Crippen LogP contribution >= 0.6 is 0 Å². The Morgan fingerprint density at radius 1 is 1.46 bits per heavy atom. The summed E-state index contributed by atoms with van der Waals surface area (Å²) in [6, 6.07) is 3.93. The van der Waals surface area contributed by atoms with Gasteiger partial charge in [0.25, 0.3) is 0 Å². The lowest BCUT2D eigenvalue weighted by Gasteiger charge is -2.10. The van der Waals surface area contributed by atoms with Crippen LogP contribution in [0.4, 0.5) is 11.4 Å². The number of aliphatic imine (C=N–C) groups is 1. The van der Waals surface area contributed by atoms with Crippen molar-refractivity contribution in [1.29, 1.82) is 0 Å². The van der Waals surface area contributed by atoms with Crippen molar-refractivity contribution in [3.8, 4) is 0 Å². The molecule has 0 aliphatic carbocycles. The first-order valence-corrected chi connectivity index (χ1v) is 4.15. The minimum atomic E-state index is 0.881. The molecule has 0 amide bonds. The fraction of sp³-hybridized carbons (Fsp3) is 0.182. The highest BCUT2D eigenvalue weighted by atomic mass is 14.8. The lowest BCUT2D eigenvalue weighted by molar-refractivity contribution is 1.37. The third-order valence-corrected chi connectivity index (χ3v) is 2.14. The summed E-state index contributed by atoms with van der Waals surface area (Å²) in [6.07, 6.45) is 1.81. The molecule has 0 atom stereocenters. The molecule has 68 valence electrons. The Labute approximate surface area is 79.0 Å². The number of hydrogen-bond acceptors (Lipinski definition) is 2. The van der Waals surface area contributed by atoms with Crippen molar-refractivity contribution in [2.75, 3.05) is 12.4 Å². The van der Waals surface area contributed by atoms with E-state index in [9.17, 15) is 0 Å². The largest absolute Gasteiger partial charge is 0.388 e. The molecule has 0 unspecified atom stereocenters. The van der Waals surface area contributed by atoms with E-state index in [2.05, 4.69) is 23.6 Å². The Morgan fingerprint density at radius 2 is 2.15 bits per heavy atom. The second-order valence-electron chi connectivity index (χ2n) is 2.78. The fourth-order valence-corrected chi connectivity index (χ4v) is 1.38. The predicted octanol–water partition coefficient (Wildman–Crippen LogP) is 3.01. The normalized spacial score (nSPS) is 9.38. The highest BCUT2D eigenvalue weighted by Crippen LogP contribution is 2.28. The Morgan fingerprint density at radius 3 is 2.62 bits per heavy atom. The lowest BCUT2D eigenvalue weighted by atomic mass is 10.0. The summed E-state index contributed by atoms with van der Waals surface area (Å²) >= 11 is 0. The average Bonchev–Trinajstić information content (AvgIpc) is 2.17. The molecule has 0 radical (unpaired) electrons. The van der Waals surface area contributed by atoms with Gasteiger partial charge in [-0.15, -0.1) is 0 Å². The van der Waals surface area contributed by atoms with Crippen LogP contribution in [0.15, 0.2) is 23.7 Å². The van der Waals surface area contributed by atoms with Gasteiger partial charge in [0.05, 0.1) is 5.69 Å². The van der Waals surface area contributed by atoms with Crippen LogP contribution < -0.4 is 5.32 Å². The first-order chi connectivity index (χ1) is 6.24. The molecule has 1 rings (SSSR count). The number of nitrogens with one attached hydrogen (secondary N) is 1. The van der Waals surface area contributed by atoms with Crippen LogP contribution in [0.5, 0.6) is 0 Å². The zero-order valence-corrected chi connectivity index (χ0v) is 8.09. The summed E-state index contributed by atoms with van der Waals surface area (Å²) in [7, 11) is 1.90. The van der Waals surface area contributed by atoms with Crippen LogP contribution in [-0.4, -0.2) is 13.8 Å². The van der Waals surface area contributed by atoms with Gasteiger partial charge in [-0.1, -0.05) is 12.7 Å². The van der Waals surface area contributed by atoms with Gasteiger partial charge >= 0.3 is 0 Å². The first-order valence-electron chi connectivity index (χ1n) is 4.15. The van der Waals surface area contributed by atoms with E-state index in [0.717, 1.165) is 22.5 Å². The van der Waals surface area contributed by atoms with Gasteiger partial charge in [0.1, 0.15) is 0 Å². The van der Waals surface area contributed by atoms with E-state index in [1.807, 2.05) is 26.1 Å². The molecule has 1 aromatic rings. The summed E-state index contributed by atoms with van der Waals surface area (Å²) in [4.78, 5) is 3.93. The van der Waals surface area contributed by atoms with E-state index in [0.29, 0.717) is 0 Å². The zero-order chi connectivity index (χ0) is 9.84. The molecule has 0 fully saturated rings. The molecule has 1 aromatic carbocycles. The molecule has 0 saturated carbocycles. The molecular weight excluding hydrogens is 160 g/mol. The topological polar surface area (TPSA) is 24.4 Å². The smallest absolute Gasteiger partial charge is 0.0698 e. The molecule has 0 spiro atoms. The van der Waals surface area contributed by atoms with E-state index in [4.69, 9.17) is 0 Å². The Bertz CT molecular complexity index is 340. The predicted molar refractivity (Wildman–Crippen MR) is 60.0 cm³/mol. The van der Waals surface area contributed by atoms with E-state index < -0.39 is 0 Å². The standard InChI is InChI=1S/C11H14N2/c1-5-9-8(2)10(12-3)6-7-11(9)13-4/h5-7,12H,1,4H2,2-3H3. The molecular formula is C11H14N2. The van der Waals surface area contributed by atoms with Crippen molar-refractivity contribution in [2.24, 2.45) is 4.99 Å². The average molecular weight is 174 g/mol. The Hall–Kier alpha value is -1.57. The summed E-state index contributed by atoms with van der Waals surface area (Å²) in [5, 5.41) is 3.11. The molecule has 1 N–H and O–H groups in total. The molecule has 0 heterocycles. The molecule has 2 heteroatoms. The van der Waals surface area contributed by atoms with E-state index >= 15 is 0 Å². The van der Waals surface area contributed by atoms with Gasteiger partial charge < -0.3 is 5.32 Å². The number of hydrogen-bond donors (Lipinski definition) is 1. The van der Waals surface area contributed by atoms with E-state index in [1.165, 1.54) is 0 Å². The maximum atomic E-state index is 3.93. The Kier molecular flexibility index (Phi) is 2.85. The molecule has 0 aromatic heterocycles. The fourth-order valence-electron chi connectivity index (χ4n) is 1.38. The quantitative estimate of drug-likeness (QED) is 0.700. The van der Waals surface area contributed by atoms with Crippen LogP contribution in [0.25, 0.3) is 6.08 Å². The minimum absolute atomic E-state index is 0.881. The number of nitrogens with zero attached hydrogens (tertiary/aromatic N) is 1. The SMILES string of the molecule is C=Cc1c(N=C)ccc(NC)c1C. The second-order valence-corrected chi connectivity index (χ2v) is 2.78. The zero-order valence-electron chi connectivity index (χ0n) is 8.09. The third kappa shape index (κ3) is 1.61. The highest BCUT2D eigenvalue weighted by molar-refractivity contribution is 5.74. The highest BCUT2D eigenvalue weighted by Gasteiger charge is 2.04. The molecule has 2 nitrogen and oxygen atoms in total. The summed E-state index contributed by atoms with van der Waals surface area (Å²) < 4.78 is 0. The van der Waals surface area contributed by atoms with Crippen molar-refractivity contribution in [2.45, 2.75) is 6.92 Å². The van der Waals surface area contributed by atoms with Gasteiger partial charge in [-0.2, -0.15) is 0 Å². The van der Waals surface area contributed by atoms with Crippen molar-refractivity contribution in [3.63, 3.8) is 0 Å². The van der Waals surface area contributed by atoms with Crippen LogP contribution in [0, 0.1) is 6.92 Å². The third-order valence-electron chi connectivity index (χ3n) is 2.14. The lowest BCUT2D eigenvalue weighted by Crippen LogP contribution is -1.93. The van der Waals surface area contributed by atoms with Crippen molar-refractivity contribution in [3.05, 3.63) is 29.8 Å². The number of rotatable bonds is 3. The molecule has 0 aliphatic heterocycles. The van der Waals surface area contributed by atoms with Gasteiger partial charge in [-0.05, 0) is 31.3 Å². The van der Waals surface area contributed by atoms with Gasteiger partial charge in [0.2, 0.25) is 0 Å². The molecule has 0 saturated heterocycles. The van der Waals surface area contributed by atoms with Crippen molar-refractivity contribution in [1.82, 2.24) is 0 Å². The second kappa shape index (κ2) is 3.90. The number of anilines is 1. The summed E-state index contributed by atoms with van der Waals surface area (Å²) in [6.45, 7) is 9.32. The molecule has 0 bridgehead atoms. The first kappa shape index (κ1) is 9.52. The van der Waals surface area contributed by atoms with Crippen LogP contribution in [0.2, 0.25) is 0 Å². The summed E-state index contributed by atoms with van der Waals surface area (Å²) in [5.74, 6) is 0. The van der Waals surface area contributed by atoms with Gasteiger partial charge in [0, 0.05) is 18.3 Å². The van der Waals surface area contributed by atoms with E-state index in [1.54, 1.807) is 6.08 Å². The van der Waals surface area contributed by atoms with Gasteiger partial charge in [0.15, 0.2) is 0 Å². The van der Waals surface area contributed by atoms with Crippen LogP contribution in [-0.2, 0) is 0 Å². The maximum absolute atomic E-state index is 3.93. The summed E-state index contributed by atoms with van der Waals surface area (Å²) in [5.41, 5.74) is 4.18.